The predicted molar refractivity (Wildman–Crippen MR) is 168 cm³/mol. The molecule has 0 saturated carbocycles. The first-order valence-corrected chi connectivity index (χ1v) is 13.0. The van der Waals surface area contributed by atoms with Gasteiger partial charge in [-0.1, -0.05) is 128 Å². The van der Waals surface area contributed by atoms with Gasteiger partial charge in [0.15, 0.2) is 0 Å². The molecule has 0 heteroatoms. The van der Waals surface area contributed by atoms with E-state index in [4.69, 9.17) is 0 Å². The smallest absolute Gasteiger partial charge is 0.00199 e. The van der Waals surface area contributed by atoms with Gasteiger partial charge in [0.05, 0.1) is 0 Å². The Morgan fingerprint density at radius 1 is 0.474 bits per heavy atom. The highest BCUT2D eigenvalue weighted by Crippen LogP contribution is 2.45. The number of rotatable bonds is 4. The zero-order chi connectivity index (χ0) is 25.6. The molecule has 0 spiro atoms. The first-order chi connectivity index (χ1) is 18.8. The highest BCUT2D eigenvalue weighted by Gasteiger charge is 2.19. The summed E-state index contributed by atoms with van der Waals surface area (Å²) in [5.41, 5.74) is 4.81. The van der Waals surface area contributed by atoms with E-state index in [1.807, 2.05) is 12.2 Å². The van der Waals surface area contributed by atoms with Crippen LogP contribution in [0.25, 0.3) is 70.6 Å². The summed E-state index contributed by atoms with van der Waals surface area (Å²) < 4.78 is 0. The summed E-state index contributed by atoms with van der Waals surface area (Å²) in [6.07, 6.45) is 5.83. The van der Waals surface area contributed by atoms with Crippen LogP contribution in [0.2, 0.25) is 0 Å². The molecule has 0 fully saturated rings. The minimum Gasteiger partial charge on any atom is -0.0990 e. The van der Waals surface area contributed by atoms with Crippen LogP contribution in [0.15, 0.2) is 147 Å². The zero-order valence-corrected chi connectivity index (χ0v) is 21.1. The summed E-state index contributed by atoms with van der Waals surface area (Å²) >= 11 is 0. The van der Waals surface area contributed by atoms with Crippen molar-refractivity contribution in [3.63, 3.8) is 0 Å². The third-order valence-corrected chi connectivity index (χ3v) is 7.73. The lowest BCUT2D eigenvalue weighted by Crippen LogP contribution is -1.94. The minimum atomic E-state index is 1.08. The largest absolute Gasteiger partial charge is 0.0990 e. The maximum Gasteiger partial charge on any atom is -0.00199 e. The van der Waals surface area contributed by atoms with E-state index in [0.717, 1.165) is 5.57 Å². The van der Waals surface area contributed by atoms with Gasteiger partial charge in [-0.25, -0.2) is 0 Å². The van der Waals surface area contributed by atoms with Gasteiger partial charge >= 0.3 is 0 Å². The number of allylic oxidation sites excluding steroid dienone is 4. The predicted octanol–water partition coefficient (Wildman–Crippen LogP) is 10.9. The lowest BCUT2D eigenvalue weighted by atomic mass is 9.83. The Labute approximate surface area is 222 Å². The average Bonchev–Trinajstić information content (AvgIpc) is 2.97. The van der Waals surface area contributed by atoms with Crippen molar-refractivity contribution in [2.75, 3.05) is 0 Å². The molecular weight excluding hydrogens is 456 g/mol. The molecule has 7 rings (SSSR count). The van der Waals surface area contributed by atoms with E-state index in [2.05, 4.69) is 134 Å². The normalized spacial score (nSPS) is 12.1. The SMILES string of the molecule is C=C/C=C(\C=C)c1c2ccccc2c(-c2cc3cc4ccccc4cc3c3ccccc23)c2ccccc12. The number of hydrogen-bond acceptors (Lipinski definition) is 0. The van der Waals surface area contributed by atoms with Crippen molar-refractivity contribution in [2.45, 2.75) is 0 Å². The second kappa shape index (κ2) is 8.87. The second-order valence-corrected chi connectivity index (χ2v) is 9.79. The Morgan fingerprint density at radius 2 is 1.00 bits per heavy atom. The molecule has 0 atom stereocenters. The van der Waals surface area contributed by atoms with Crippen molar-refractivity contribution in [2.24, 2.45) is 0 Å². The van der Waals surface area contributed by atoms with Crippen LogP contribution in [-0.2, 0) is 0 Å². The standard InChI is InChI=1S/C38H26/c1-3-13-25(4-2)37-31-18-9-11-20-33(31)38(34-21-12-10-19-32(34)37)36-24-28-22-26-14-5-6-15-27(26)23-35(28)29-16-7-8-17-30(29)36/h3-24H,1-2H2/b25-13+. The zero-order valence-electron chi connectivity index (χ0n) is 21.1. The number of benzene rings is 7. The molecule has 178 valence electrons. The molecule has 0 heterocycles. The molecular formula is C38H26. The third kappa shape index (κ3) is 3.31. The van der Waals surface area contributed by atoms with Crippen molar-refractivity contribution in [1.29, 1.82) is 0 Å². The fourth-order valence-electron chi connectivity index (χ4n) is 6.11. The minimum absolute atomic E-state index is 1.08. The number of hydrogen-bond donors (Lipinski definition) is 0. The van der Waals surface area contributed by atoms with Crippen LogP contribution in [0, 0.1) is 0 Å². The molecule has 0 nitrogen and oxygen atoms in total. The quantitative estimate of drug-likeness (QED) is 0.133. The Bertz CT molecular complexity index is 2050. The van der Waals surface area contributed by atoms with E-state index in [9.17, 15) is 0 Å². The molecule has 7 aromatic carbocycles. The lowest BCUT2D eigenvalue weighted by Gasteiger charge is -2.20. The van der Waals surface area contributed by atoms with E-state index in [1.165, 1.54) is 70.6 Å². The first-order valence-electron chi connectivity index (χ1n) is 13.0. The molecule has 0 aliphatic heterocycles. The summed E-state index contributed by atoms with van der Waals surface area (Å²) in [6, 6.07) is 42.1. The van der Waals surface area contributed by atoms with Gasteiger partial charge in [0.1, 0.15) is 0 Å². The Kier molecular flexibility index (Phi) is 5.20. The van der Waals surface area contributed by atoms with Crippen molar-refractivity contribution in [1.82, 2.24) is 0 Å². The van der Waals surface area contributed by atoms with Gasteiger partial charge in [0.25, 0.3) is 0 Å². The molecule has 0 bridgehead atoms. The van der Waals surface area contributed by atoms with Gasteiger partial charge in [0.2, 0.25) is 0 Å². The molecule has 38 heavy (non-hydrogen) atoms. The second-order valence-electron chi connectivity index (χ2n) is 9.79. The average molecular weight is 483 g/mol. The van der Waals surface area contributed by atoms with Gasteiger partial charge in [-0.05, 0) is 94.3 Å². The fraction of sp³-hybridized carbons (Fsp3) is 0. The molecule has 0 aliphatic rings. The van der Waals surface area contributed by atoms with Crippen molar-refractivity contribution < 1.29 is 0 Å². The number of fused-ring (bicyclic) bond motifs is 6. The summed E-state index contributed by atoms with van der Waals surface area (Å²) in [6.45, 7) is 8.09. The maximum absolute atomic E-state index is 4.13. The van der Waals surface area contributed by atoms with E-state index >= 15 is 0 Å². The van der Waals surface area contributed by atoms with Crippen LogP contribution in [0.3, 0.4) is 0 Å². The fourth-order valence-corrected chi connectivity index (χ4v) is 6.11. The Hall–Kier alpha value is -4.94. The molecule has 0 aliphatic carbocycles. The Morgan fingerprint density at radius 3 is 1.61 bits per heavy atom. The molecule has 7 aromatic rings. The lowest BCUT2D eigenvalue weighted by molar-refractivity contribution is 1.69. The molecule has 0 aromatic heterocycles. The molecule has 0 N–H and O–H groups in total. The maximum atomic E-state index is 4.13. The van der Waals surface area contributed by atoms with E-state index in [0.29, 0.717) is 0 Å². The van der Waals surface area contributed by atoms with E-state index in [1.54, 1.807) is 0 Å². The summed E-state index contributed by atoms with van der Waals surface area (Å²) in [5, 5.41) is 12.5. The van der Waals surface area contributed by atoms with Gasteiger partial charge in [0, 0.05) is 0 Å². The van der Waals surface area contributed by atoms with E-state index < -0.39 is 0 Å². The monoisotopic (exact) mass is 482 g/mol. The van der Waals surface area contributed by atoms with Crippen molar-refractivity contribution >= 4 is 59.4 Å². The van der Waals surface area contributed by atoms with Crippen molar-refractivity contribution in [3.8, 4) is 11.1 Å². The van der Waals surface area contributed by atoms with Gasteiger partial charge in [-0.15, -0.1) is 0 Å². The van der Waals surface area contributed by atoms with Gasteiger partial charge in [-0.2, -0.15) is 0 Å². The summed E-state index contributed by atoms with van der Waals surface area (Å²) in [7, 11) is 0. The van der Waals surface area contributed by atoms with E-state index in [-0.39, 0.29) is 0 Å². The van der Waals surface area contributed by atoms with Crippen LogP contribution in [0.4, 0.5) is 0 Å². The van der Waals surface area contributed by atoms with Crippen molar-refractivity contribution in [3.05, 3.63) is 152 Å². The van der Waals surface area contributed by atoms with Crippen LogP contribution in [0.1, 0.15) is 5.56 Å². The van der Waals surface area contributed by atoms with Gasteiger partial charge in [-0.3, -0.25) is 0 Å². The molecule has 0 unspecified atom stereocenters. The van der Waals surface area contributed by atoms with Crippen LogP contribution in [0.5, 0.6) is 0 Å². The highest BCUT2D eigenvalue weighted by molar-refractivity contribution is 6.25. The molecule has 0 saturated heterocycles. The van der Waals surface area contributed by atoms with Gasteiger partial charge < -0.3 is 0 Å². The highest BCUT2D eigenvalue weighted by atomic mass is 14.2. The van der Waals surface area contributed by atoms with Crippen LogP contribution in [-0.4, -0.2) is 0 Å². The van der Waals surface area contributed by atoms with Crippen LogP contribution < -0.4 is 0 Å². The molecule has 0 radical (unpaired) electrons. The topological polar surface area (TPSA) is 0 Å². The van der Waals surface area contributed by atoms with Crippen LogP contribution >= 0.6 is 0 Å². The summed E-state index contributed by atoms with van der Waals surface area (Å²) in [4.78, 5) is 0. The first kappa shape index (κ1) is 22.3. The third-order valence-electron chi connectivity index (χ3n) is 7.73. The Balaban J connectivity index is 1.70. The molecule has 0 amide bonds. The summed E-state index contributed by atoms with van der Waals surface area (Å²) in [5.74, 6) is 0.